The Labute approximate surface area is 354 Å². The van der Waals surface area contributed by atoms with E-state index < -0.39 is 0 Å². The standard InChI is InChI=1S/2C25H30N2O3/c2*1-29-22-10-9-19(13-24(22)30-23-12-18-7-8-20(23)11-18)21-14-26-25(28)27(16-21)15-17-5-3-2-4-6-17/h2*2-6,9-10,13,18,20-21,23H,7-8,11-12,14-16H2,1H3,(H,26,28)/t2*18-,20-,21?,23?/m00/s1. The number of nitrogens with one attached hydrogen (secondary N) is 2. The van der Waals surface area contributed by atoms with Gasteiger partial charge in [-0.05, 0) is 122 Å². The smallest absolute Gasteiger partial charge is 0.317 e. The van der Waals surface area contributed by atoms with E-state index in [0.717, 1.165) is 46.0 Å². The molecular formula is C50H60N4O6. The molecule has 10 heteroatoms. The van der Waals surface area contributed by atoms with Crippen LogP contribution in [0.2, 0.25) is 0 Å². The molecule has 316 valence electrons. The largest absolute Gasteiger partial charge is 0.493 e. The maximum Gasteiger partial charge on any atom is 0.317 e. The second-order valence-corrected chi connectivity index (χ2v) is 18.0. The highest BCUT2D eigenvalue weighted by atomic mass is 16.5. The molecule has 6 fully saturated rings. The van der Waals surface area contributed by atoms with E-state index in [4.69, 9.17) is 18.9 Å². The number of carbonyl (C=O) groups excluding carboxylic acids is 2. The van der Waals surface area contributed by atoms with Gasteiger partial charge in [0, 0.05) is 51.1 Å². The lowest BCUT2D eigenvalue weighted by Crippen LogP contribution is -2.49. The molecule has 4 saturated carbocycles. The highest BCUT2D eigenvalue weighted by molar-refractivity contribution is 5.76. The highest BCUT2D eigenvalue weighted by Crippen LogP contribution is 2.48. The van der Waals surface area contributed by atoms with Crippen molar-refractivity contribution in [2.45, 2.75) is 88.5 Å². The number of nitrogens with zero attached hydrogens (tertiary/aromatic N) is 2. The molecule has 4 amide bonds. The summed E-state index contributed by atoms with van der Waals surface area (Å²) < 4.78 is 24.1. The van der Waals surface area contributed by atoms with Crippen LogP contribution < -0.4 is 29.6 Å². The lowest BCUT2D eigenvalue weighted by Gasteiger charge is -2.34. The summed E-state index contributed by atoms with van der Waals surface area (Å²) in [7, 11) is 3.40. The molecule has 8 atom stereocenters. The fraction of sp³-hybridized carbons (Fsp3) is 0.480. The SMILES string of the molecule is COc1ccc(C2CNC(=O)N(Cc3ccccc3)C2)cc1OC1C[C@H]2CC[C@H]1C2.COc1ccc(C2CNC(=O)N(Cc3ccccc3)C2)cc1OC1C[C@H]2CC[C@H]1C2. The number of fused-ring (bicyclic) bond motifs is 4. The number of methoxy groups -OCH3 is 2. The van der Waals surface area contributed by atoms with Crippen LogP contribution in [-0.2, 0) is 13.1 Å². The lowest BCUT2D eigenvalue weighted by atomic mass is 9.95. The van der Waals surface area contributed by atoms with Gasteiger partial charge in [0.25, 0.3) is 0 Å². The Balaban J connectivity index is 0.000000154. The quantitative estimate of drug-likeness (QED) is 0.148. The van der Waals surface area contributed by atoms with Gasteiger partial charge in [-0.1, -0.05) is 72.8 Å². The van der Waals surface area contributed by atoms with Crippen molar-refractivity contribution in [2.75, 3.05) is 40.4 Å². The van der Waals surface area contributed by atoms with Gasteiger partial charge in [-0.3, -0.25) is 0 Å². The summed E-state index contributed by atoms with van der Waals surface area (Å²) in [5.41, 5.74) is 4.66. The molecule has 0 radical (unpaired) electrons. The van der Waals surface area contributed by atoms with Gasteiger partial charge in [0.1, 0.15) is 12.2 Å². The normalized spacial score (nSPS) is 27.8. The van der Waals surface area contributed by atoms with Crippen molar-refractivity contribution < 1.29 is 28.5 Å². The zero-order valence-corrected chi connectivity index (χ0v) is 35.1. The van der Waals surface area contributed by atoms with E-state index in [-0.39, 0.29) is 23.9 Å². The summed E-state index contributed by atoms with van der Waals surface area (Å²) in [4.78, 5) is 28.6. The third kappa shape index (κ3) is 9.03. The average Bonchev–Trinajstić information content (AvgIpc) is 4.11. The molecule has 2 aliphatic heterocycles. The predicted octanol–water partition coefficient (Wildman–Crippen LogP) is 9.14. The Hall–Kier alpha value is -5.38. The first-order valence-electron chi connectivity index (χ1n) is 22.2. The summed E-state index contributed by atoms with van der Waals surface area (Å²) >= 11 is 0. The van der Waals surface area contributed by atoms with Gasteiger partial charge in [-0.2, -0.15) is 0 Å². The monoisotopic (exact) mass is 812 g/mol. The molecule has 2 N–H and O–H groups in total. The van der Waals surface area contributed by atoms with E-state index in [0.29, 0.717) is 63.3 Å². The Morgan fingerprint density at radius 3 is 1.33 bits per heavy atom. The zero-order chi connectivity index (χ0) is 41.0. The second kappa shape index (κ2) is 18.1. The molecule has 0 spiro atoms. The van der Waals surface area contributed by atoms with E-state index in [9.17, 15) is 9.59 Å². The summed E-state index contributed by atoms with van der Waals surface area (Å²) in [6.45, 7) is 3.91. The van der Waals surface area contributed by atoms with Crippen LogP contribution >= 0.6 is 0 Å². The first-order chi connectivity index (χ1) is 29.4. The Kier molecular flexibility index (Phi) is 12.1. The maximum absolute atomic E-state index is 12.4. The van der Waals surface area contributed by atoms with Crippen LogP contribution in [0.4, 0.5) is 9.59 Å². The van der Waals surface area contributed by atoms with Gasteiger partial charge >= 0.3 is 12.1 Å². The van der Waals surface area contributed by atoms with Crippen molar-refractivity contribution in [1.82, 2.24) is 20.4 Å². The molecule has 0 aromatic heterocycles. The van der Waals surface area contributed by atoms with Gasteiger partial charge in [0.05, 0.1) is 14.2 Å². The van der Waals surface area contributed by atoms with Crippen LogP contribution in [0.3, 0.4) is 0 Å². The van der Waals surface area contributed by atoms with E-state index in [1.807, 2.05) is 58.3 Å². The van der Waals surface area contributed by atoms with Crippen molar-refractivity contribution in [2.24, 2.45) is 23.7 Å². The van der Waals surface area contributed by atoms with Crippen molar-refractivity contribution in [3.8, 4) is 23.0 Å². The molecule has 4 bridgehead atoms. The second-order valence-electron chi connectivity index (χ2n) is 18.0. The van der Waals surface area contributed by atoms with Crippen LogP contribution in [0.25, 0.3) is 0 Å². The fourth-order valence-electron chi connectivity index (χ4n) is 10.9. The molecule has 2 heterocycles. The molecule has 4 aliphatic carbocycles. The van der Waals surface area contributed by atoms with Crippen molar-refractivity contribution in [1.29, 1.82) is 0 Å². The predicted molar refractivity (Wildman–Crippen MR) is 232 cm³/mol. The van der Waals surface area contributed by atoms with Crippen LogP contribution in [0.5, 0.6) is 23.0 Å². The minimum absolute atomic E-state index is 0.00192. The number of ether oxygens (including phenoxy) is 4. The highest BCUT2D eigenvalue weighted by Gasteiger charge is 2.42. The third-order valence-electron chi connectivity index (χ3n) is 14.1. The van der Waals surface area contributed by atoms with E-state index >= 15 is 0 Å². The van der Waals surface area contributed by atoms with Gasteiger partial charge in [0.2, 0.25) is 0 Å². The molecule has 6 aliphatic rings. The number of rotatable bonds is 12. The first-order valence-corrected chi connectivity index (χ1v) is 22.2. The van der Waals surface area contributed by atoms with E-state index in [1.165, 1.54) is 62.5 Å². The first kappa shape index (κ1) is 40.0. The zero-order valence-electron chi connectivity index (χ0n) is 35.1. The Morgan fingerprint density at radius 1 is 0.533 bits per heavy atom. The number of hydrogen-bond acceptors (Lipinski definition) is 6. The van der Waals surface area contributed by atoms with Gasteiger partial charge in [-0.15, -0.1) is 0 Å². The summed E-state index contributed by atoms with van der Waals surface area (Å²) in [5, 5.41) is 6.12. The van der Waals surface area contributed by atoms with E-state index in [1.54, 1.807) is 14.2 Å². The molecule has 4 unspecified atom stereocenters. The van der Waals surface area contributed by atoms with Gasteiger partial charge in [-0.25, -0.2) is 9.59 Å². The van der Waals surface area contributed by atoms with Crippen molar-refractivity contribution in [3.05, 3.63) is 119 Å². The van der Waals surface area contributed by atoms with Crippen molar-refractivity contribution >= 4 is 12.1 Å². The van der Waals surface area contributed by atoms with Crippen LogP contribution in [-0.4, -0.2) is 74.5 Å². The number of carbonyl (C=O) groups is 2. The molecule has 4 aromatic rings. The molecule has 2 saturated heterocycles. The number of amides is 4. The van der Waals surface area contributed by atoms with Crippen molar-refractivity contribution in [3.63, 3.8) is 0 Å². The van der Waals surface area contributed by atoms with Gasteiger partial charge in [0.15, 0.2) is 23.0 Å². The number of hydrogen-bond donors (Lipinski definition) is 2. The third-order valence-corrected chi connectivity index (χ3v) is 14.1. The molecule has 60 heavy (non-hydrogen) atoms. The number of urea groups is 2. The van der Waals surface area contributed by atoms with Crippen LogP contribution in [0.15, 0.2) is 97.1 Å². The molecule has 4 aromatic carbocycles. The fourth-order valence-corrected chi connectivity index (χ4v) is 10.9. The molecule has 10 rings (SSSR count). The minimum Gasteiger partial charge on any atom is -0.493 e. The summed E-state index contributed by atoms with van der Waals surface area (Å²) in [6, 6.07) is 32.8. The number of benzene rings is 4. The maximum atomic E-state index is 12.4. The topological polar surface area (TPSA) is 102 Å². The summed E-state index contributed by atoms with van der Waals surface area (Å²) in [5.74, 6) is 6.79. The van der Waals surface area contributed by atoms with Crippen LogP contribution in [0.1, 0.15) is 85.5 Å². The summed E-state index contributed by atoms with van der Waals surface area (Å²) in [6.07, 6.45) is 10.9. The van der Waals surface area contributed by atoms with E-state index in [2.05, 4.69) is 59.2 Å². The molecular weight excluding hydrogens is 753 g/mol. The van der Waals surface area contributed by atoms with Crippen LogP contribution in [0, 0.1) is 23.7 Å². The minimum atomic E-state index is 0.00192. The Bertz CT molecular complexity index is 1950. The molecule has 10 nitrogen and oxygen atoms in total. The Morgan fingerprint density at radius 2 is 0.967 bits per heavy atom. The average molecular weight is 813 g/mol. The lowest BCUT2D eigenvalue weighted by molar-refractivity contribution is 0.133. The van der Waals surface area contributed by atoms with Gasteiger partial charge < -0.3 is 39.4 Å².